The van der Waals surface area contributed by atoms with Gasteiger partial charge in [-0.05, 0) is 6.92 Å². The number of carbonyl (C=O) groups is 2. The zero-order valence-electron chi connectivity index (χ0n) is 8.48. The molecule has 0 unspecified atom stereocenters. The van der Waals surface area contributed by atoms with Crippen LogP contribution < -0.4 is 4.87 Å². The molecule has 1 rings (SSSR count). The second-order valence-electron chi connectivity index (χ2n) is 2.55. The zero-order chi connectivity index (χ0) is 11.3. The lowest BCUT2D eigenvalue weighted by Crippen LogP contribution is -2.05. The molecule has 0 saturated carbocycles. The van der Waals surface area contributed by atoms with Gasteiger partial charge in [0, 0.05) is 11.8 Å². The van der Waals surface area contributed by atoms with Crippen LogP contribution in [0.25, 0.3) is 0 Å². The standard InChI is InChI=1S/C9H11NO4S/c1-3-7(11)10-9-14-6(5-15-9)8(12)13-4-2/h5H,3-4H2,1-2H3. The van der Waals surface area contributed by atoms with Gasteiger partial charge in [0.25, 0.3) is 4.87 Å². The third kappa shape index (κ3) is 3.32. The van der Waals surface area contributed by atoms with Crippen molar-refractivity contribution in [3.63, 3.8) is 0 Å². The summed E-state index contributed by atoms with van der Waals surface area (Å²) in [5.41, 5.74) is 0. The molecule has 5 nitrogen and oxygen atoms in total. The zero-order valence-corrected chi connectivity index (χ0v) is 9.30. The Morgan fingerprint density at radius 2 is 2.27 bits per heavy atom. The van der Waals surface area contributed by atoms with Crippen LogP contribution in [0.15, 0.2) is 14.8 Å². The van der Waals surface area contributed by atoms with Crippen LogP contribution in [0.4, 0.5) is 0 Å². The molecule has 15 heavy (non-hydrogen) atoms. The topological polar surface area (TPSA) is 68.9 Å². The third-order valence-electron chi connectivity index (χ3n) is 1.46. The Hall–Kier alpha value is -1.43. The van der Waals surface area contributed by atoms with Gasteiger partial charge in [-0.1, -0.05) is 18.3 Å². The predicted molar refractivity (Wildman–Crippen MR) is 53.4 cm³/mol. The van der Waals surface area contributed by atoms with E-state index in [0.717, 1.165) is 11.3 Å². The first-order valence-electron chi connectivity index (χ1n) is 4.50. The fraction of sp³-hybridized carbons (Fsp3) is 0.444. The van der Waals surface area contributed by atoms with E-state index in [1.54, 1.807) is 13.8 Å². The van der Waals surface area contributed by atoms with Crippen LogP contribution in [0, 0.1) is 0 Å². The van der Waals surface area contributed by atoms with E-state index in [-0.39, 0.29) is 23.1 Å². The Kier molecular flexibility index (Phi) is 4.23. The van der Waals surface area contributed by atoms with E-state index >= 15 is 0 Å². The Labute approximate surface area is 90.4 Å². The molecule has 0 aliphatic rings. The lowest BCUT2D eigenvalue weighted by Gasteiger charge is -1.94. The Balaban J connectivity index is 2.85. The first-order valence-corrected chi connectivity index (χ1v) is 5.38. The van der Waals surface area contributed by atoms with Crippen molar-refractivity contribution in [2.45, 2.75) is 20.3 Å². The number of nitrogens with zero attached hydrogens (tertiary/aromatic N) is 1. The van der Waals surface area contributed by atoms with Crippen LogP contribution in [-0.2, 0) is 9.53 Å². The highest BCUT2D eigenvalue weighted by Gasteiger charge is 2.10. The Bertz CT molecular complexity index is 418. The minimum atomic E-state index is -0.542. The number of hydrogen-bond donors (Lipinski definition) is 0. The molecular weight excluding hydrogens is 218 g/mol. The maximum Gasteiger partial charge on any atom is 0.375 e. The number of carbonyl (C=O) groups excluding carboxylic acids is 2. The van der Waals surface area contributed by atoms with Gasteiger partial charge in [0.05, 0.1) is 6.61 Å². The molecule has 1 aromatic heterocycles. The van der Waals surface area contributed by atoms with Crippen LogP contribution in [-0.4, -0.2) is 18.5 Å². The van der Waals surface area contributed by atoms with Gasteiger partial charge in [0.15, 0.2) is 0 Å². The maximum absolute atomic E-state index is 11.2. The van der Waals surface area contributed by atoms with Gasteiger partial charge in [-0.15, -0.1) is 0 Å². The van der Waals surface area contributed by atoms with E-state index < -0.39 is 5.97 Å². The Morgan fingerprint density at radius 1 is 1.53 bits per heavy atom. The molecular formula is C9H11NO4S. The summed E-state index contributed by atoms with van der Waals surface area (Å²) in [4.78, 5) is 25.9. The lowest BCUT2D eigenvalue weighted by atomic mass is 10.5. The third-order valence-corrected chi connectivity index (χ3v) is 2.17. The molecule has 0 radical (unpaired) electrons. The number of rotatable bonds is 3. The van der Waals surface area contributed by atoms with E-state index in [1.165, 1.54) is 5.38 Å². The van der Waals surface area contributed by atoms with Gasteiger partial charge in [0.1, 0.15) is 0 Å². The minimum absolute atomic E-state index is 0.0736. The van der Waals surface area contributed by atoms with Gasteiger partial charge in [-0.3, -0.25) is 4.79 Å². The summed E-state index contributed by atoms with van der Waals surface area (Å²) in [5.74, 6) is -0.750. The molecule has 0 spiro atoms. The number of esters is 1. The molecule has 0 aromatic carbocycles. The van der Waals surface area contributed by atoms with Crippen LogP contribution >= 0.6 is 11.3 Å². The van der Waals surface area contributed by atoms with Crippen LogP contribution in [0.3, 0.4) is 0 Å². The summed E-state index contributed by atoms with van der Waals surface area (Å²) in [5, 5.41) is 1.47. The van der Waals surface area contributed by atoms with E-state index in [9.17, 15) is 9.59 Å². The van der Waals surface area contributed by atoms with Gasteiger partial charge in [-0.25, -0.2) is 4.79 Å². The highest BCUT2D eigenvalue weighted by atomic mass is 32.1. The van der Waals surface area contributed by atoms with E-state index in [4.69, 9.17) is 9.15 Å². The Morgan fingerprint density at radius 3 is 2.87 bits per heavy atom. The molecule has 0 fully saturated rings. The lowest BCUT2D eigenvalue weighted by molar-refractivity contribution is -0.117. The number of amides is 1. The molecule has 0 aliphatic heterocycles. The van der Waals surface area contributed by atoms with Crippen molar-refractivity contribution >= 4 is 23.2 Å². The van der Waals surface area contributed by atoms with Crippen molar-refractivity contribution in [2.24, 2.45) is 4.99 Å². The molecule has 0 aliphatic carbocycles. The SMILES string of the molecule is CCOC(=O)c1csc(=NC(=O)CC)o1. The first kappa shape index (κ1) is 11.6. The van der Waals surface area contributed by atoms with Crippen molar-refractivity contribution in [1.29, 1.82) is 0 Å². The van der Waals surface area contributed by atoms with Crippen LogP contribution in [0.2, 0.25) is 0 Å². The average Bonchev–Trinajstić information content (AvgIpc) is 2.66. The van der Waals surface area contributed by atoms with E-state index in [0.29, 0.717) is 6.42 Å². The molecule has 1 heterocycles. The van der Waals surface area contributed by atoms with Gasteiger partial charge < -0.3 is 9.15 Å². The number of ether oxygens (including phenoxy) is 1. The summed E-state index contributed by atoms with van der Waals surface area (Å²) >= 11 is 1.09. The maximum atomic E-state index is 11.2. The highest BCUT2D eigenvalue weighted by molar-refractivity contribution is 7.07. The fourth-order valence-corrected chi connectivity index (χ4v) is 1.41. The summed E-state index contributed by atoms with van der Waals surface area (Å²) in [7, 11) is 0. The second kappa shape index (κ2) is 5.45. The number of hydrogen-bond acceptors (Lipinski definition) is 5. The molecule has 82 valence electrons. The van der Waals surface area contributed by atoms with E-state index in [1.807, 2.05) is 0 Å². The fourth-order valence-electron chi connectivity index (χ4n) is 0.768. The van der Waals surface area contributed by atoms with E-state index in [2.05, 4.69) is 4.99 Å². The molecule has 0 N–H and O–H groups in total. The van der Waals surface area contributed by atoms with Crippen LogP contribution in [0.1, 0.15) is 30.8 Å². The summed E-state index contributed by atoms with van der Waals surface area (Å²) in [6, 6.07) is 0. The second-order valence-corrected chi connectivity index (χ2v) is 3.37. The first-order chi connectivity index (χ1) is 7.17. The predicted octanol–water partition coefficient (Wildman–Crippen LogP) is 1.36. The molecule has 0 saturated heterocycles. The minimum Gasteiger partial charge on any atom is -0.460 e. The van der Waals surface area contributed by atoms with Gasteiger partial charge in [-0.2, -0.15) is 4.99 Å². The summed E-state index contributed by atoms with van der Waals surface area (Å²) in [6.45, 7) is 3.69. The van der Waals surface area contributed by atoms with Crippen molar-refractivity contribution in [3.05, 3.63) is 16.0 Å². The van der Waals surface area contributed by atoms with Crippen LogP contribution in [0.5, 0.6) is 0 Å². The average molecular weight is 229 g/mol. The van der Waals surface area contributed by atoms with Gasteiger partial charge >= 0.3 is 5.97 Å². The van der Waals surface area contributed by atoms with Crippen molar-refractivity contribution < 1.29 is 18.7 Å². The molecule has 6 heteroatoms. The van der Waals surface area contributed by atoms with Crippen molar-refractivity contribution in [3.8, 4) is 0 Å². The largest absolute Gasteiger partial charge is 0.460 e. The molecule has 0 atom stereocenters. The normalized spacial score (nSPS) is 11.5. The quantitative estimate of drug-likeness (QED) is 0.734. The van der Waals surface area contributed by atoms with Gasteiger partial charge in [0.2, 0.25) is 11.7 Å². The monoisotopic (exact) mass is 229 g/mol. The summed E-state index contributed by atoms with van der Waals surface area (Å²) < 4.78 is 9.75. The van der Waals surface area contributed by atoms with Crippen molar-refractivity contribution in [2.75, 3.05) is 6.61 Å². The smallest absolute Gasteiger partial charge is 0.375 e. The van der Waals surface area contributed by atoms with Crippen molar-refractivity contribution in [1.82, 2.24) is 0 Å². The molecule has 1 amide bonds. The molecule has 0 bridgehead atoms. The highest BCUT2D eigenvalue weighted by Crippen LogP contribution is 2.02. The molecule has 1 aromatic rings. The summed E-state index contributed by atoms with van der Waals surface area (Å²) in [6.07, 6.45) is 0.308.